The summed E-state index contributed by atoms with van der Waals surface area (Å²) >= 11 is 0. The van der Waals surface area contributed by atoms with Crippen molar-refractivity contribution in [2.45, 2.75) is 11.8 Å². The Kier molecular flexibility index (Phi) is 6.35. The zero-order chi connectivity index (χ0) is 31.4. The lowest BCUT2D eigenvalue weighted by Gasteiger charge is -2.25. The van der Waals surface area contributed by atoms with E-state index in [1.165, 1.54) is 0 Å². The van der Waals surface area contributed by atoms with E-state index < -0.39 is 34.3 Å². The average molecular weight is 607 g/mol. The van der Waals surface area contributed by atoms with Gasteiger partial charge in [-0.1, -0.05) is 97.1 Å². The maximum absolute atomic E-state index is 14.0. The summed E-state index contributed by atoms with van der Waals surface area (Å²) in [6.45, 7) is 0. The van der Waals surface area contributed by atoms with Gasteiger partial charge in [-0.2, -0.15) is 0 Å². The maximum atomic E-state index is 14.0. The van der Waals surface area contributed by atoms with Gasteiger partial charge in [-0.15, -0.1) is 0 Å². The third-order valence-electron chi connectivity index (χ3n) is 8.42. The van der Waals surface area contributed by atoms with Crippen molar-refractivity contribution in [2.24, 2.45) is 0 Å². The van der Waals surface area contributed by atoms with Crippen LogP contribution in [0.15, 0.2) is 158 Å². The molecule has 8 nitrogen and oxygen atoms in total. The van der Waals surface area contributed by atoms with Gasteiger partial charge >= 0.3 is 22.5 Å². The van der Waals surface area contributed by atoms with E-state index in [1.807, 2.05) is 0 Å². The second-order valence-electron chi connectivity index (χ2n) is 10.9. The Morgan fingerprint density at radius 3 is 0.761 bits per heavy atom. The molecule has 0 amide bonds. The Morgan fingerprint density at radius 1 is 0.304 bits per heavy atom. The van der Waals surface area contributed by atoms with Crippen LogP contribution >= 0.6 is 0 Å². The Labute approximate surface area is 259 Å². The van der Waals surface area contributed by atoms with E-state index in [9.17, 15) is 19.2 Å². The first-order chi connectivity index (χ1) is 22.5. The zero-order valence-electron chi connectivity index (χ0n) is 24.0. The van der Waals surface area contributed by atoms with Gasteiger partial charge in [-0.3, -0.25) is 0 Å². The van der Waals surface area contributed by atoms with Crippen LogP contribution in [-0.2, 0) is 0 Å². The minimum absolute atomic E-state index is 0.0885. The van der Waals surface area contributed by atoms with E-state index >= 15 is 0 Å². The van der Waals surface area contributed by atoms with Crippen LogP contribution in [-0.4, -0.2) is 0 Å². The van der Waals surface area contributed by atoms with Crippen molar-refractivity contribution in [3.05, 3.63) is 185 Å². The van der Waals surface area contributed by atoms with Gasteiger partial charge in [0.2, 0.25) is 0 Å². The topological polar surface area (TPSA) is 121 Å². The van der Waals surface area contributed by atoms with Gasteiger partial charge in [0.05, 0.1) is 22.3 Å². The third kappa shape index (κ3) is 4.22. The molecule has 0 aromatic rings. The molecule has 0 fully saturated rings. The number of furan rings is 4. The van der Waals surface area contributed by atoms with Crippen LogP contribution < -0.4 is 22.5 Å². The molecule has 0 N–H and O–H groups in total. The minimum Gasteiger partial charge on any atom is -0.422 e. The van der Waals surface area contributed by atoms with Gasteiger partial charge < -0.3 is 17.7 Å². The summed E-state index contributed by atoms with van der Waals surface area (Å²) in [6.07, 6.45) is 0. The van der Waals surface area contributed by atoms with E-state index in [0.717, 1.165) is 0 Å². The van der Waals surface area contributed by atoms with Crippen LogP contribution in [0.5, 0.6) is 0 Å². The predicted molar refractivity (Wildman–Crippen MR) is 170 cm³/mol. The van der Waals surface area contributed by atoms with Crippen LogP contribution in [0, 0.1) is 0 Å². The van der Waals surface area contributed by atoms with Gasteiger partial charge in [0.15, 0.2) is 0 Å². The summed E-state index contributed by atoms with van der Waals surface area (Å²) in [6, 6.07) is 34.5. The minimum atomic E-state index is -1.26. The zero-order valence-corrected chi connectivity index (χ0v) is 24.0. The molecule has 222 valence electrons. The second-order valence-corrected chi connectivity index (χ2v) is 10.9. The van der Waals surface area contributed by atoms with Crippen molar-refractivity contribution in [1.82, 2.24) is 0 Å². The lowest BCUT2D eigenvalue weighted by atomic mass is 9.71. The number of rotatable bonds is 5. The molecule has 0 aromatic carbocycles. The maximum Gasteiger partial charge on any atom is 0.340 e. The molecule has 0 spiro atoms. The van der Waals surface area contributed by atoms with Crippen molar-refractivity contribution >= 4 is 0 Å². The van der Waals surface area contributed by atoms with Gasteiger partial charge in [-0.25, -0.2) is 19.2 Å². The molecule has 0 atom stereocenters. The van der Waals surface area contributed by atoms with Crippen LogP contribution in [0.4, 0.5) is 0 Å². The molecular formula is C38H22O8. The van der Waals surface area contributed by atoms with Gasteiger partial charge in [0.25, 0.3) is 0 Å². The van der Waals surface area contributed by atoms with E-state index in [-0.39, 0.29) is 45.3 Å². The van der Waals surface area contributed by atoms with E-state index in [0.29, 0.717) is 22.3 Å². The highest BCUT2D eigenvalue weighted by Gasteiger charge is 2.45. The molecule has 0 unspecified atom stereocenters. The fraction of sp³-hybridized carbons (Fsp3) is 0.0526. The molecule has 46 heavy (non-hydrogen) atoms. The van der Waals surface area contributed by atoms with Crippen molar-refractivity contribution in [3.8, 4) is 45.3 Å². The highest BCUT2D eigenvalue weighted by atomic mass is 16.4. The van der Waals surface area contributed by atoms with E-state index in [4.69, 9.17) is 17.7 Å². The molecule has 8 heteroatoms. The molecule has 4 heterocycles. The molecular weight excluding hydrogens is 584 g/mol. The Balaban J connectivity index is 1.58. The Bertz CT molecular complexity index is 2150. The molecule has 8 aliphatic rings. The fourth-order valence-electron chi connectivity index (χ4n) is 6.56. The summed E-state index contributed by atoms with van der Waals surface area (Å²) in [5.41, 5.74) is -0.877. The lowest BCUT2D eigenvalue weighted by molar-refractivity contribution is 0.508. The number of hydrogen-bond donors (Lipinski definition) is 0. The largest absolute Gasteiger partial charge is 0.422 e. The number of fused-ring (bicyclic) bond motifs is 4. The molecule has 8 rings (SSSR count). The first-order valence-electron chi connectivity index (χ1n) is 14.6. The summed E-state index contributed by atoms with van der Waals surface area (Å²) in [7, 11) is 0. The fourth-order valence-corrected chi connectivity index (χ4v) is 6.56. The van der Waals surface area contributed by atoms with Crippen molar-refractivity contribution in [1.29, 1.82) is 0 Å². The predicted octanol–water partition coefficient (Wildman–Crippen LogP) is 6.88. The van der Waals surface area contributed by atoms with Crippen LogP contribution in [0.25, 0.3) is 45.3 Å². The summed E-state index contributed by atoms with van der Waals surface area (Å²) in [5.74, 6) is -1.42. The average Bonchev–Trinajstić information content (AvgIpc) is 3.41. The second kappa shape index (κ2) is 10.7. The SMILES string of the molecule is O=c1oc2cccccc-2c1C(c1c2cccccc-2oc1=O)C(c1c2cccccc-2oc1=O)c1c2cccccc-2oc1=O. The van der Waals surface area contributed by atoms with E-state index in [2.05, 4.69) is 0 Å². The quantitative estimate of drug-likeness (QED) is 0.208. The van der Waals surface area contributed by atoms with Gasteiger partial charge in [-0.05, 0) is 24.3 Å². The standard InChI is InChI=1S/C38H22O8/c39-35-29(21-13-5-1-9-17-25(21)43-35)33(30-22-14-6-2-10-18-26(22)44-36(30)40)34(31-23-15-7-3-11-19-27(23)45-37(31)41)32-24-16-8-4-12-20-28(24)46-38(32)42/h1-20,33-34H. The summed E-state index contributed by atoms with van der Waals surface area (Å²) in [5, 5.41) is 0. The number of hydrogen-bond acceptors (Lipinski definition) is 8. The first kappa shape index (κ1) is 27.3. The van der Waals surface area contributed by atoms with Crippen LogP contribution in [0.1, 0.15) is 34.1 Å². The highest BCUT2D eigenvalue weighted by molar-refractivity contribution is 5.75. The van der Waals surface area contributed by atoms with Crippen LogP contribution in [0.3, 0.4) is 0 Å². The monoisotopic (exact) mass is 606 g/mol. The van der Waals surface area contributed by atoms with Crippen molar-refractivity contribution in [2.75, 3.05) is 0 Å². The first-order valence-corrected chi connectivity index (χ1v) is 14.6. The van der Waals surface area contributed by atoms with Gasteiger partial charge in [0.1, 0.15) is 23.0 Å². The smallest absolute Gasteiger partial charge is 0.340 e. The third-order valence-corrected chi connectivity index (χ3v) is 8.42. The van der Waals surface area contributed by atoms with Crippen molar-refractivity contribution < 1.29 is 17.7 Å². The highest BCUT2D eigenvalue weighted by Crippen LogP contribution is 2.50. The van der Waals surface area contributed by atoms with Crippen LogP contribution in [0.2, 0.25) is 0 Å². The molecule has 0 saturated carbocycles. The lowest BCUT2D eigenvalue weighted by Crippen LogP contribution is -2.28. The molecule has 4 aliphatic heterocycles. The molecule has 4 aliphatic carbocycles. The Morgan fingerprint density at radius 2 is 0.522 bits per heavy atom. The Hall–Kier alpha value is -6.28. The van der Waals surface area contributed by atoms with Crippen molar-refractivity contribution in [3.63, 3.8) is 0 Å². The van der Waals surface area contributed by atoms with Gasteiger partial charge in [0, 0.05) is 34.1 Å². The molecule has 0 radical (unpaired) electrons. The van der Waals surface area contributed by atoms with E-state index in [1.54, 1.807) is 121 Å². The molecule has 0 saturated heterocycles. The summed E-state index contributed by atoms with van der Waals surface area (Å²) < 4.78 is 23.1. The molecule has 0 bridgehead atoms. The molecule has 0 aromatic heterocycles. The normalized spacial score (nSPS) is 11.8. The summed E-state index contributed by atoms with van der Waals surface area (Å²) in [4.78, 5) is 56.1.